The van der Waals surface area contributed by atoms with Crippen molar-refractivity contribution in [2.45, 2.75) is 34.6 Å². The molecule has 0 spiro atoms. The minimum atomic E-state index is -3.82. The summed E-state index contributed by atoms with van der Waals surface area (Å²) >= 11 is -3.82. The van der Waals surface area contributed by atoms with E-state index < -0.39 is 12.1 Å². The van der Waals surface area contributed by atoms with Gasteiger partial charge in [-0.25, -0.2) is 0 Å². The first-order chi connectivity index (χ1) is 6.10. The molecule has 0 bridgehead atoms. The maximum absolute atomic E-state index is 11.8. The third kappa shape index (κ3) is 1.76. The molecule has 4 heteroatoms. The number of halogens is 2. The van der Waals surface area contributed by atoms with Crippen LogP contribution in [-0.2, 0) is 15.7 Å². The second-order valence-corrected chi connectivity index (χ2v) is 11.1. The Morgan fingerprint density at radius 3 is 1.64 bits per heavy atom. The van der Waals surface area contributed by atoms with Crippen LogP contribution in [0.2, 0.25) is 0 Å². The predicted octanol–water partition coefficient (Wildman–Crippen LogP) is 4.44. The third-order valence-electron chi connectivity index (χ3n) is 3.27. The first-order valence-electron chi connectivity index (χ1n) is 4.49. The summed E-state index contributed by atoms with van der Waals surface area (Å²) < 4.78 is 12.6. The molecule has 0 aromatic rings. The Bertz CT molecular complexity index is 385. The summed E-state index contributed by atoms with van der Waals surface area (Å²) in [5.41, 5.74) is 3.16. The van der Waals surface area contributed by atoms with E-state index in [-0.39, 0.29) is 5.41 Å². The van der Waals surface area contributed by atoms with E-state index in [1.807, 2.05) is 34.6 Å². The van der Waals surface area contributed by atoms with E-state index in [0.29, 0.717) is 0 Å². The molecule has 80 valence electrons. The summed E-state index contributed by atoms with van der Waals surface area (Å²) in [6, 6.07) is 0. The summed E-state index contributed by atoms with van der Waals surface area (Å²) in [6.45, 7) is 10.1. The summed E-state index contributed by atoms with van der Waals surface area (Å²) in [7, 11) is 11.7. The second-order valence-electron chi connectivity index (χ2n) is 4.31. The van der Waals surface area contributed by atoms with Crippen molar-refractivity contribution < 1.29 is 15.7 Å². The van der Waals surface area contributed by atoms with Crippen LogP contribution < -0.4 is 0 Å². The molecular weight excluding hydrogens is 258 g/mol. The van der Waals surface area contributed by atoms with E-state index in [4.69, 9.17) is 19.7 Å². The standard InChI is InChI=1S/C10H15.2ClH.O.V/c1-7-6-10(4,5)9(3)8(7)2;;;;/h1-5H3;2*1H;;/q;;;;+2/p-2. The second kappa shape index (κ2) is 3.48. The fourth-order valence-corrected chi connectivity index (χ4v) is 7.03. The van der Waals surface area contributed by atoms with Crippen LogP contribution in [0.25, 0.3) is 0 Å². The Hall–Kier alpha value is 0.444. The van der Waals surface area contributed by atoms with E-state index >= 15 is 0 Å². The number of hydrogen-bond donors (Lipinski definition) is 0. The van der Waals surface area contributed by atoms with Gasteiger partial charge in [-0.3, -0.25) is 0 Å². The molecule has 0 atom stereocenters. The predicted molar refractivity (Wildman–Crippen MR) is 57.2 cm³/mol. The van der Waals surface area contributed by atoms with Crippen molar-refractivity contribution in [3.63, 3.8) is 0 Å². The van der Waals surface area contributed by atoms with Gasteiger partial charge >= 0.3 is 96.5 Å². The van der Waals surface area contributed by atoms with Gasteiger partial charge in [0.15, 0.2) is 0 Å². The van der Waals surface area contributed by atoms with E-state index in [9.17, 15) is 3.67 Å². The van der Waals surface area contributed by atoms with Crippen LogP contribution in [0.15, 0.2) is 21.0 Å². The van der Waals surface area contributed by atoms with Gasteiger partial charge in [-0.1, -0.05) is 0 Å². The zero-order valence-corrected chi connectivity index (χ0v) is 12.0. The topological polar surface area (TPSA) is 17.1 Å². The van der Waals surface area contributed by atoms with Gasteiger partial charge in [0.1, 0.15) is 0 Å². The van der Waals surface area contributed by atoms with E-state index in [2.05, 4.69) is 0 Å². The first-order valence-corrected chi connectivity index (χ1v) is 9.61. The molecule has 1 rings (SSSR count). The molecule has 0 heterocycles. The number of rotatable bonds is 1. The van der Waals surface area contributed by atoms with Crippen LogP contribution in [0, 0.1) is 5.41 Å². The molecule has 0 saturated heterocycles. The van der Waals surface area contributed by atoms with Gasteiger partial charge < -0.3 is 0 Å². The Morgan fingerprint density at radius 1 is 1.07 bits per heavy atom. The summed E-state index contributed by atoms with van der Waals surface area (Å²) in [6.07, 6.45) is 0. The molecule has 0 amide bonds. The van der Waals surface area contributed by atoms with Crippen LogP contribution >= 0.6 is 19.7 Å². The summed E-state index contributed by atoms with van der Waals surface area (Å²) in [5, 5.41) is 0. The molecule has 14 heavy (non-hydrogen) atoms. The average Bonchev–Trinajstić information content (AvgIpc) is 2.10. The quantitative estimate of drug-likeness (QED) is 0.690. The number of allylic oxidation sites excluding steroid dienone is 4. The molecule has 0 aliphatic heterocycles. The minimum absolute atomic E-state index is 0.244. The van der Waals surface area contributed by atoms with Gasteiger partial charge in [0.05, 0.1) is 0 Å². The van der Waals surface area contributed by atoms with Crippen LogP contribution in [0.1, 0.15) is 34.6 Å². The van der Waals surface area contributed by atoms with Crippen LogP contribution in [0.3, 0.4) is 0 Å². The summed E-state index contributed by atoms with van der Waals surface area (Å²) in [5.74, 6) is 0. The van der Waals surface area contributed by atoms with Gasteiger partial charge in [0, 0.05) is 0 Å². The molecule has 0 aromatic heterocycles. The van der Waals surface area contributed by atoms with E-state index in [0.717, 1.165) is 9.86 Å². The Labute approximate surface area is 96.2 Å². The van der Waals surface area contributed by atoms with Crippen LogP contribution in [-0.4, -0.2) is 0 Å². The van der Waals surface area contributed by atoms with Gasteiger partial charge in [0.25, 0.3) is 0 Å². The molecule has 0 saturated carbocycles. The van der Waals surface area contributed by atoms with Crippen molar-refractivity contribution in [1.29, 1.82) is 0 Å². The Kier molecular flexibility index (Phi) is 3.11. The van der Waals surface area contributed by atoms with Crippen LogP contribution in [0.5, 0.6) is 0 Å². The average molecular weight is 273 g/mol. The molecule has 0 radical (unpaired) electrons. The van der Waals surface area contributed by atoms with Crippen molar-refractivity contribution in [1.82, 2.24) is 0 Å². The number of hydrogen-bond acceptors (Lipinski definition) is 1. The third-order valence-corrected chi connectivity index (χ3v) is 6.87. The Morgan fingerprint density at radius 2 is 1.50 bits per heavy atom. The van der Waals surface area contributed by atoms with Crippen molar-refractivity contribution in [3.8, 4) is 0 Å². The first kappa shape index (κ1) is 12.5. The van der Waals surface area contributed by atoms with E-state index in [1.54, 1.807) is 0 Å². The molecule has 0 N–H and O–H groups in total. The maximum atomic E-state index is 11.8. The summed E-state index contributed by atoms with van der Waals surface area (Å²) in [4.78, 5) is 0. The van der Waals surface area contributed by atoms with Gasteiger partial charge in [-0.2, -0.15) is 0 Å². The zero-order chi connectivity index (χ0) is 11.3. The van der Waals surface area contributed by atoms with Crippen molar-refractivity contribution >= 4 is 19.7 Å². The van der Waals surface area contributed by atoms with Crippen molar-refractivity contribution in [3.05, 3.63) is 21.0 Å². The molecule has 0 aromatic carbocycles. The molecule has 1 aliphatic carbocycles. The fraction of sp³-hybridized carbons (Fsp3) is 0.600. The molecule has 0 fully saturated rings. The van der Waals surface area contributed by atoms with Crippen molar-refractivity contribution in [2.24, 2.45) is 5.41 Å². The molecule has 0 unspecified atom stereocenters. The molecular formula is C10H15Cl2OV. The normalized spacial score (nSPS) is 22.2. The van der Waals surface area contributed by atoms with Gasteiger partial charge in [-0.05, 0) is 0 Å². The fourth-order valence-electron chi connectivity index (χ4n) is 2.09. The van der Waals surface area contributed by atoms with Crippen LogP contribution in [0.4, 0.5) is 0 Å². The monoisotopic (exact) mass is 272 g/mol. The van der Waals surface area contributed by atoms with Crippen molar-refractivity contribution in [2.75, 3.05) is 0 Å². The van der Waals surface area contributed by atoms with Gasteiger partial charge in [-0.15, -0.1) is 0 Å². The van der Waals surface area contributed by atoms with Gasteiger partial charge in [0.2, 0.25) is 0 Å². The Balaban J connectivity index is 3.45. The SMILES string of the molecule is CC1=C(C)C(C)(C)[C]([V](=[O])([Cl])[Cl])=C1C. The van der Waals surface area contributed by atoms with E-state index in [1.165, 1.54) is 11.1 Å². The molecule has 1 nitrogen and oxygen atoms in total. The molecule has 1 aliphatic rings. The zero-order valence-electron chi connectivity index (χ0n) is 9.11.